The zero-order valence-corrected chi connectivity index (χ0v) is 20.8. The van der Waals surface area contributed by atoms with Gasteiger partial charge in [-0.15, -0.1) is 0 Å². The van der Waals surface area contributed by atoms with E-state index in [1.807, 2.05) is 48.5 Å². The van der Waals surface area contributed by atoms with Gasteiger partial charge in [-0.3, -0.25) is 9.59 Å². The highest BCUT2D eigenvalue weighted by Crippen LogP contribution is 2.45. The van der Waals surface area contributed by atoms with Gasteiger partial charge < -0.3 is 10.6 Å². The Morgan fingerprint density at radius 2 is 1.37 bits per heavy atom. The summed E-state index contributed by atoms with van der Waals surface area (Å²) in [7, 11) is 0. The van der Waals surface area contributed by atoms with E-state index in [0.29, 0.717) is 17.7 Å². The largest absolute Gasteiger partial charge is 0.351 e. The molecule has 160 valence electrons. The molecule has 1 fully saturated rings. The van der Waals surface area contributed by atoms with Crippen molar-refractivity contribution in [2.75, 3.05) is 6.54 Å². The molecule has 2 amide bonds. The van der Waals surface area contributed by atoms with Crippen LogP contribution in [0.15, 0.2) is 57.5 Å². The van der Waals surface area contributed by atoms with Crippen LogP contribution in [0.3, 0.4) is 0 Å². The molecular formula is C24H28Br2N2O2. The molecule has 0 heterocycles. The lowest BCUT2D eigenvalue weighted by atomic mass is 9.62. The Bertz CT molecular complexity index is 910. The van der Waals surface area contributed by atoms with E-state index in [9.17, 15) is 9.59 Å². The maximum Gasteiger partial charge on any atom is 0.251 e. The van der Waals surface area contributed by atoms with Crippen LogP contribution in [0, 0.1) is 10.8 Å². The van der Waals surface area contributed by atoms with E-state index in [-0.39, 0.29) is 28.7 Å². The third-order valence-corrected chi connectivity index (χ3v) is 6.72. The van der Waals surface area contributed by atoms with Gasteiger partial charge in [-0.05, 0) is 78.6 Å². The van der Waals surface area contributed by atoms with E-state index >= 15 is 0 Å². The minimum absolute atomic E-state index is 0.0496. The Labute approximate surface area is 195 Å². The Morgan fingerprint density at radius 1 is 0.867 bits per heavy atom. The number of benzene rings is 2. The van der Waals surface area contributed by atoms with E-state index in [1.54, 1.807) is 0 Å². The van der Waals surface area contributed by atoms with Crippen LogP contribution in [0.2, 0.25) is 0 Å². The number of carbonyl (C=O) groups is 2. The zero-order chi connectivity index (χ0) is 21.9. The van der Waals surface area contributed by atoms with Gasteiger partial charge >= 0.3 is 0 Å². The molecule has 2 unspecified atom stereocenters. The van der Waals surface area contributed by atoms with Gasteiger partial charge in [-0.1, -0.05) is 52.6 Å². The molecule has 0 aliphatic heterocycles. The Kier molecular flexibility index (Phi) is 7.08. The second kappa shape index (κ2) is 9.23. The van der Waals surface area contributed by atoms with Crippen molar-refractivity contribution in [2.45, 2.75) is 46.1 Å². The Balaban J connectivity index is 1.65. The van der Waals surface area contributed by atoms with Gasteiger partial charge in [-0.25, -0.2) is 0 Å². The first-order valence-electron chi connectivity index (χ1n) is 10.2. The molecule has 1 aliphatic rings. The smallest absolute Gasteiger partial charge is 0.251 e. The second-order valence-electron chi connectivity index (χ2n) is 9.43. The summed E-state index contributed by atoms with van der Waals surface area (Å²) in [6, 6.07) is 14.8. The summed E-state index contributed by atoms with van der Waals surface area (Å²) < 4.78 is 1.90. The molecule has 1 saturated carbocycles. The van der Waals surface area contributed by atoms with E-state index < -0.39 is 0 Å². The second-order valence-corrected chi connectivity index (χ2v) is 11.3. The summed E-state index contributed by atoms with van der Waals surface area (Å²) in [4.78, 5) is 25.3. The molecule has 0 bridgehead atoms. The predicted octanol–water partition coefficient (Wildman–Crippen LogP) is 5.96. The van der Waals surface area contributed by atoms with Crippen molar-refractivity contribution >= 4 is 43.7 Å². The fourth-order valence-corrected chi connectivity index (χ4v) is 5.27. The standard InChI is InChI=1S/C24H28Br2N2O2/c1-23(2)12-20(28-22(30)17-6-10-19(26)11-7-17)13-24(3,14-23)15-27-21(29)16-4-8-18(25)9-5-16/h4-11,20H,12-15H2,1-3H3,(H,27,29)(H,28,30). The van der Waals surface area contributed by atoms with Crippen LogP contribution >= 0.6 is 31.9 Å². The number of hydrogen-bond acceptors (Lipinski definition) is 2. The summed E-state index contributed by atoms with van der Waals surface area (Å²) in [6.45, 7) is 7.25. The molecule has 1 aliphatic carbocycles. The van der Waals surface area contributed by atoms with Crippen LogP contribution in [-0.4, -0.2) is 24.4 Å². The molecule has 2 atom stereocenters. The Morgan fingerprint density at radius 3 is 1.90 bits per heavy atom. The van der Waals surface area contributed by atoms with Gasteiger partial charge in [-0.2, -0.15) is 0 Å². The monoisotopic (exact) mass is 534 g/mol. The number of carbonyl (C=O) groups excluding carboxylic acids is 2. The van der Waals surface area contributed by atoms with Crippen LogP contribution in [0.4, 0.5) is 0 Å². The van der Waals surface area contributed by atoms with E-state index in [4.69, 9.17) is 0 Å². The van der Waals surface area contributed by atoms with Gasteiger partial charge in [0.15, 0.2) is 0 Å². The van der Waals surface area contributed by atoms with Crippen molar-refractivity contribution in [3.05, 3.63) is 68.6 Å². The highest BCUT2D eigenvalue weighted by atomic mass is 79.9. The van der Waals surface area contributed by atoms with Gasteiger partial charge in [0.2, 0.25) is 0 Å². The maximum absolute atomic E-state index is 12.7. The van der Waals surface area contributed by atoms with E-state index in [1.165, 1.54) is 0 Å². The lowest BCUT2D eigenvalue weighted by molar-refractivity contribution is 0.0592. The number of hydrogen-bond donors (Lipinski definition) is 2. The van der Waals surface area contributed by atoms with Crippen LogP contribution in [-0.2, 0) is 0 Å². The highest BCUT2D eigenvalue weighted by Gasteiger charge is 2.41. The van der Waals surface area contributed by atoms with Crippen LogP contribution < -0.4 is 10.6 Å². The summed E-state index contributed by atoms with van der Waals surface area (Å²) in [5, 5.41) is 6.32. The van der Waals surface area contributed by atoms with Crippen molar-refractivity contribution in [1.29, 1.82) is 0 Å². The number of halogens is 2. The highest BCUT2D eigenvalue weighted by molar-refractivity contribution is 9.10. The summed E-state index contributed by atoms with van der Waals surface area (Å²) in [5.41, 5.74) is 1.29. The van der Waals surface area contributed by atoms with Crippen LogP contribution in [0.25, 0.3) is 0 Å². The lowest BCUT2D eigenvalue weighted by Gasteiger charge is -2.47. The fourth-order valence-electron chi connectivity index (χ4n) is 4.74. The van der Waals surface area contributed by atoms with Crippen molar-refractivity contribution in [1.82, 2.24) is 10.6 Å². The number of nitrogens with one attached hydrogen (secondary N) is 2. The molecule has 0 radical (unpaired) electrons. The molecule has 0 saturated heterocycles. The van der Waals surface area contributed by atoms with Crippen molar-refractivity contribution < 1.29 is 9.59 Å². The lowest BCUT2D eigenvalue weighted by Crippen LogP contribution is -2.50. The molecule has 0 aromatic heterocycles. The molecule has 0 spiro atoms. The number of rotatable bonds is 5. The van der Waals surface area contributed by atoms with Crippen molar-refractivity contribution in [2.24, 2.45) is 10.8 Å². The van der Waals surface area contributed by atoms with Gasteiger partial charge in [0.1, 0.15) is 0 Å². The molecule has 2 N–H and O–H groups in total. The van der Waals surface area contributed by atoms with Crippen molar-refractivity contribution in [3.63, 3.8) is 0 Å². The predicted molar refractivity (Wildman–Crippen MR) is 128 cm³/mol. The van der Waals surface area contributed by atoms with Gasteiger partial charge in [0.25, 0.3) is 11.8 Å². The van der Waals surface area contributed by atoms with Crippen LogP contribution in [0.1, 0.15) is 60.7 Å². The first kappa shape index (κ1) is 23.0. The van der Waals surface area contributed by atoms with E-state index in [2.05, 4.69) is 63.3 Å². The summed E-state index contributed by atoms with van der Waals surface area (Å²) >= 11 is 6.80. The minimum Gasteiger partial charge on any atom is -0.351 e. The zero-order valence-electron chi connectivity index (χ0n) is 17.6. The average molecular weight is 536 g/mol. The maximum atomic E-state index is 12.7. The molecular weight excluding hydrogens is 508 g/mol. The molecule has 6 heteroatoms. The number of amides is 2. The van der Waals surface area contributed by atoms with Crippen molar-refractivity contribution in [3.8, 4) is 0 Å². The van der Waals surface area contributed by atoms with Crippen LogP contribution in [0.5, 0.6) is 0 Å². The first-order valence-corrected chi connectivity index (χ1v) is 11.7. The molecule has 2 aromatic rings. The van der Waals surface area contributed by atoms with Gasteiger partial charge in [0.05, 0.1) is 0 Å². The fraction of sp³-hybridized carbons (Fsp3) is 0.417. The summed E-state index contributed by atoms with van der Waals surface area (Å²) in [5.74, 6) is -0.117. The molecule has 4 nitrogen and oxygen atoms in total. The SMILES string of the molecule is CC1(C)CC(NC(=O)c2ccc(Br)cc2)CC(C)(CNC(=O)c2ccc(Br)cc2)C1. The average Bonchev–Trinajstić information content (AvgIpc) is 2.65. The minimum atomic E-state index is -0.0928. The van der Waals surface area contributed by atoms with Gasteiger partial charge in [0, 0.05) is 32.7 Å². The summed E-state index contributed by atoms with van der Waals surface area (Å²) in [6.07, 6.45) is 2.75. The molecule has 2 aromatic carbocycles. The molecule has 30 heavy (non-hydrogen) atoms. The first-order chi connectivity index (χ1) is 14.1. The third-order valence-electron chi connectivity index (χ3n) is 5.67. The van der Waals surface area contributed by atoms with E-state index in [0.717, 1.165) is 28.2 Å². The third kappa shape index (κ3) is 6.17. The normalized spacial score (nSPS) is 22.9. The topological polar surface area (TPSA) is 58.2 Å². The quantitative estimate of drug-likeness (QED) is 0.496. The molecule has 3 rings (SSSR count). The Hall–Kier alpha value is -1.66.